The van der Waals surface area contributed by atoms with Crippen LogP contribution in [0.1, 0.15) is 35.5 Å². The highest BCUT2D eigenvalue weighted by Gasteiger charge is 2.34. The van der Waals surface area contributed by atoms with Crippen molar-refractivity contribution in [2.45, 2.75) is 38.7 Å². The molecule has 2 amide bonds. The van der Waals surface area contributed by atoms with E-state index in [0.29, 0.717) is 0 Å². The maximum absolute atomic E-state index is 12.6. The fraction of sp³-hybridized carbons (Fsp3) is 0.333. The molecule has 1 aromatic carbocycles. The molecule has 9 heteroatoms. The lowest BCUT2D eigenvalue weighted by molar-refractivity contribution is -0.126. The second kappa shape index (κ2) is 8.74. The van der Waals surface area contributed by atoms with Crippen molar-refractivity contribution < 1.29 is 19.6 Å². The van der Waals surface area contributed by atoms with E-state index >= 15 is 0 Å². The van der Waals surface area contributed by atoms with Gasteiger partial charge in [0.15, 0.2) is 0 Å². The standard InChI is InChI=1S/C18H23BN4O4/c1-12-4-6-13(7-5-12)10-15(19(26)27)22-17(25)18(2,3)23-16(24)14-11-20-8-9-21-14/h4-9,11,15,26-27H,10H2,1-3H3,(H,22,25)(H,23,24)/t15-/m0/s1. The molecule has 1 aromatic heterocycles. The number of hydrogen-bond donors (Lipinski definition) is 4. The normalized spacial score (nSPS) is 12.2. The highest BCUT2D eigenvalue weighted by molar-refractivity contribution is 6.43. The second-order valence-electron chi connectivity index (χ2n) is 6.85. The van der Waals surface area contributed by atoms with Gasteiger partial charge in [-0.15, -0.1) is 0 Å². The van der Waals surface area contributed by atoms with Gasteiger partial charge in [0, 0.05) is 12.4 Å². The van der Waals surface area contributed by atoms with Gasteiger partial charge in [-0.05, 0) is 32.8 Å². The van der Waals surface area contributed by atoms with E-state index in [4.69, 9.17) is 0 Å². The number of aromatic nitrogens is 2. The maximum Gasteiger partial charge on any atom is 0.475 e. The molecule has 1 atom stereocenters. The second-order valence-corrected chi connectivity index (χ2v) is 6.85. The van der Waals surface area contributed by atoms with E-state index in [1.165, 1.54) is 32.4 Å². The first-order valence-electron chi connectivity index (χ1n) is 8.50. The summed E-state index contributed by atoms with van der Waals surface area (Å²) < 4.78 is 0. The van der Waals surface area contributed by atoms with E-state index in [9.17, 15) is 19.6 Å². The number of rotatable bonds is 7. The zero-order valence-corrected chi connectivity index (χ0v) is 15.5. The third-order valence-corrected chi connectivity index (χ3v) is 4.04. The van der Waals surface area contributed by atoms with Gasteiger partial charge < -0.3 is 20.7 Å². The molecule has 0 radical (unpaired) electrons. The molecule has 8 nitrogen and oxygen atoms in total. The van der Waals surface area contributed by atoms with Crippen molar-refractivity contribution in [1.82, 2.24) is 20.6 Å². The Morgan fingerprint density at radius 1 is 1.19 bits per heavy atom. The number of aryl methyl sites for hydroxylation is 1. The van der Waals surface area contributed by atoms with Crippen molar-refractivity contribution >= 4 is 18.9 Å². The fourth-order valence-electron chi connectivity index (χ4n) is 2.38. The molecular weight excluding hydrogens is 347 g/mol. The average molecular weight is 370 g/mol. The summed E-state index contributed by atoms with van der Waals surface area (Å²) in [5.74, 6) is -2.03. The van der Waals surface area contributed by atoms with Gasteiger partial charge in [0.05, 0.1) is 12.1 Å². The molecule has 0 saturated heterocycles. The molecule has 0 aliphatic carbocycles. The number of nitrogens with one attached hydrogen (secondary N) is 2. The Morgan fingerprint density at radius 3 is 2.41 bits per heavy atom. The van der Waals surface area contributed by atoms with E-state index in [0.717, 1.165) is 11.1 Å². The molecule has 0 spiro atoms. The van der Waals surface area contributed by atoms with E-state index in [1.807, 2.05) is 31.2 Å². The topological polar surface area (TPSA) is 124 Å². The van der Waals surface area contributed by atoms with Crippen molar-refractivity contribution in [3.8, 4) is 0 Å². The first kappa shape index (κ1) is 20.5. The number of carbonyl (C=O) groups excluding carboxylic acids is 2. The van der Waals surface area contributed by atoms with E-state index < -0.39 is 30.4 Å². The minimum atomic E-state index is -1.75. The molecule has 142 valence electrons. The van der Waals surface area contributed by atoms with Crippen molar-refractivity contribution in [3.05, 3.63) is 59.7 Å². The lowest BCUT2D eigenvalue weighted by Gasteiger charge is -2.28. The Hall–Kier alpha value is -2.78. The predicted molar refractivity (Wildman–Crippen MR) is 101 cm³/mol. The molecule has 2 aromatic rings. The third kappa shape index (κ3) is 5.87. The van der Waals surface area contributed by atoms with Crippen LogP contribution in [-0.4, -0.2) is 50.4 Å². The van der Waals surface area contributed by atoms with Crippen LogP contribution < -0.4 is 10.6 Å². The average Bonchev–Trinajstić information content (AvgIpc) is 2.63. The van der Waals surface area contributed by atoms with Crippen LogP contribution in [0.15, 0.2) is 42.9 Å². The number of amides is 2. The highest BCUT2D eigenvalue weighted by atomic mass is 16.4. The van der Waals surface area contributed by atoms with Crippen LogP contribution >= 0.6 is 0 Å². The third-order valence-electron chi connectivity index (χ3n) is 4.04. The molecule has 0 saturated carbocycles. The van der Waals surface area contributed by atoms with Crippen molar-refractivity contribution in [2.75, 3.05) is 0 Å². The monoisotopic (exact) mass is 370 g/mol. The Morgan fingerprint density at radius 2 is 1.85 bits per heavy atom. The lowest BCUT2D eigenvalue weighted by Crippen LogP contribution is -2.59. The van der Waals surface area contributed by atoms with Crippen LogP contribution in [0.3, 0.4) is 0 Å². The summed E-state index contributed by atoms with van der Waals surface area (Å²) >= 11 is 0. The molecule has 0 fully saturated rings. The van der Waals surface area contributed by atoms with Crippen molar-refractivity contribution in [1.29, 1.82) is 0 Å². The zero-order valence-electron chi connectivity index (χ0n) is 15.5. The molecule has 0 unspecified atom stereocenters. The van der Waals surface area contributed by atoms with Gasteiger partial charge in [-0.2, -0.15) is 0 Å². The number of carbonyl (C=O) groups is 2. The molecule has 0 aliphatic rings. The van der Waals surface area contributed by atoms with Crippen LogP contribution in [0.4, 0.5) is 0 Å². The molecule has 0 aliphatic heterocycles. The largest absolute Gasteiger partial charge is 0.475 e. The number of hydrogen-bond acceptors (Lipinski definition) is 6. The first-order valence-corrected chi connectivity index (χ1v) is 8.50. The summed E-state index contributed by atoms with van der Waals surface area (Å²) in [5.41, 5.74) is 0.712. The summed E-state index contributed by atoms with van der Waals surface area (Å²) in [7, 11) is -1.75. The van der Waals surface area contributed by atoms with E-state index in [-0.39, 0.29) is 12.1 Å². The quantitative estimate of drug-likeness (QED) is 0.510. The van der Waals surface area contributed by atoms with Crippen LogP contribution in [0.2, 0.25) is 0 Å². The lowest BCUT2D eigenvalue weighted by atomic mass is 9.75. The molecular formula is C18H23BN4O4. The molecule has 0 bridgehead atoms. The SMILES string of the molecule is Cc1ccc(C[C@H](NC(=O)C(C)(C)NC(=O)c2cnccn2)B(O)O)cc1. The van der Waals surface area contributed by atoms with E-state index in [1.54, 1.807) is 0 Å². The Kier molecular flexibility index (Phi) is 6.65. The molecule has 27 heavy (non-hydrogen) atoms. The fourth-order valence-corrected chi connectivity index (χ4v) is 2.38. The van der Waals surface area contributed by atoms with Gasteiger partial charge in [0.25, 0.3) is 5.91 Å². The molecule has 2 rings (SSSR count). The predicted octanol–water partition coefficient (Wildman–Crippen LogP) is 0.0329. The minimum absolute atomic E-state index is 0.0803. The zero-order chi connectivity index (χ0) is 20.0. The number of benzene rings is 1. The maximum atomic E-state index is 12.6. The first-order chi connectivity index (χ1) is 12.7. The number of nitrogens with zero attached hydrogens (tertiary/aromatic N) is 2. The van der Waals surface area contributed by atoms with Crippen LogP contribution in [0.5, 0.6) is 0 Å². The summed E-state index contributed by atoms with van der Waals surface area (Å²) in [6.45, 7) is 4.98. The minimum Gasteiger partial charge on any atom is -0.426 e. The molecule has 1 heterocycles. The van der Waals surface area contributed by atoms with Gasteiger partial charge in [0.2, 0.25) is 5.91 Å². The van der Waals surface area contributed by atoms with Crippen LogP contribution in [0.25, 0.3) is 0 Å². The molecule has 4 N–H and O–H groups in total. The van der Waals surface area contributed by atoms with Gasteiger partial charge >= 0.3 is 7.12 Å². The van der Waals surface area contributed by atoms with Crippen LogP contribution in [0, 0.1) is 6.92 Å². The van der Waals surface area contributed by atoms with Crippen molar-refractivity contribution in [3.63, 3.8) is 0 Å². The van der Waals surface area contributed by atoms with E-state index in [2.05, 4.69) is 20.6 Å². The Bertz CT molecular complexity index is 782. The van der Waals surface area contributed by atoms with Gasteiger partial charge in [-0.3, -0.25) is 14.6 Å². The summed E-state index contributed by atoms with van der Waals surface area (Å²) in [6, 6.07) is 7.53. The smallest absolute Gasteiger partial charge is 0.426 e. The highest BCUT2D eigenvalue weighted by Crippen LogP contribution is 2.10. The summed E-state index contributed by atoms with van der Waals surface area (Å²) in [6.07, 6.45) is 4.34. The summed E-state index contributed by atoms with van der Waals surface area (Å²) in [4.78, 5) is 32.5. The van der Waals surface area contributed by atoms with Gasteiger partial charge in [0.1, 0.15) is 11.2 Å². The van der Waals surface area contributed by atoms with Gasteiger partial charge in [-0.1, -0.05) is 29.8 Å². The van der Waals surface area contributed by atoms with Gasteiger partial charge in [-0.25, -0.2) is 4.98 Å². The summed E-state index contributed by atoms with van der Waals surface area (Å²) in [5, 5.41) is 24.4. The Labute approximate surface area is 158 Å². The van der Waals surface area contributed by atoms with Crippen molar-refractivity contribution in [2.24, 2.45) is 0 Å². The van der Waals surface area contributed by atoms with Crippen LogP contribution in [-0.2, 0) is 11.2 Å². The Balaban J connectivity index is 2.04.